The SMILES string of the molecule is O=CCC(NS(=O)(=O)c1ccccc1)C(=O)O. The van der Waals surface area contributed by atoms with Gasteiger partial charge in [0, 0.05) is 6.42 Å². The Morgan fingerprint density at radius 2 is 1.94 bits per heavy atom. The van der Waals surface area contributed by atoms with Gasteiger partial charge in [0.15, 0.2) is 0 Å². The van der Waals surface area contributed by atoms with Crippen LogP contribution in [0, 0.1) is 0 Å². The summed E-state index contributed by atoms with van der Waals surface area (Å²) in [7, 11) is -3.92. The average Bonchev–Trinajstić information content (AvgIpc) is 2.29. The minimum atomic E-state index is -3.92. The number of hydrogen-bond acceptors (Lipinski definition) is 4. The van der Waals surface area contributed by atoms with Gasteiger partial charge in [0.2, 0.25) is 10.0 Å². The zero-order chi connectivity index (χ0) is 12.9. The van der Waals surface area contributed by atoms with Crippen LogP contribution in [0.15, 0.2) is 35.2 Å². The summed E-state index contributed by atoms with van der Waals surface area (Å²) in [4.78, 5) is 20.9. The third-order valence-electron chi connectivity index (χ3n) is 1.98. The molecule has 0 aliphatic rings. The van der Waals surface area contributed by atoms with Crippen molar-refractivity contribution in [2.75, 3.05) is 0 Å². The number of carbonyl (C=O) groups is 2. The molecular formula is C10H11NO5S. The first-order valence-electron chi connectivity index (χ1n) is 4.71. The molecule has 1 atom stereocenters. The van der Waals surface area contributed by atoms with Gasteiger partial charge in [-0.05, 0) is 12.1 Å². The Bertz CT molecular complexity index is 497. The first kappa shape index (κ1) is 13.3. The fourth-order valence-corrected chi connectivity index (χ4v) is 2.37. The van der Waals surface area contributed by atoms with Crippen molar-refractivity contribution in [2.24, 2.45) is 0 Å². The van der Waals surface area contributed by atoms with Crippen LogP contribution in [0.1, 0.15) is 6.42 Å². The van der Waals surface area contributed by atoms with E-state index in [-0.39, 0.29) is 4.90 Å². The molecule has 0 spiro atoms. The highest BCUT2D eigenvalue weighted by Gasteiger charge is 2.24. The molecule has 0 saturated heterocycles. The molecule has 0 fully saturated rings. The summed E-state index contributed by atoms with van der Waals surface area (Å²) in [6, 6.07) is 5.90. The van der Waals surface area contributed by atoms with E-state index in [0.29, 0.717) is 6.29 Å². The van der Waals surface area contributed by atoms with Crippen LogP contribution < -0.4 is 4.72 Å². The molecule has 0 aliphatic carbocycles. The number of aldehydes is 1. The molecule has 0 amide bonds. The lowest BCUT2D eigenvalue weighted by Crippen LogP contribution is -2.40. The first-order chi connectivity index (χ1) is 7.97. The van der Waals surface area contributed by atoms with E-state index >= 15 is 0 Å². The number of hydrogen-bond donors (Lipinski definition) is 2. The fourth-order valence-electron chi connectivity index (χ4n) is 1.15. The van der Waals surface area contributed by atoms with Crippen LogP contribution in [-0.2, 0) is 19.6 Å². The third-order valence-corrected chi connectivity index (χ3v) is 3.47. The highest BCUT2D eigenvalue weighted by molar-refractivity contribution is 7.89. The van der Waals surface area contributed by atoms with Gasteiger partial charge in [0.25, 0.3) is 0 Å². The fraction of sp³-hybridized carbons (Fsp3) is 0.200. The van der Waals surface area contributed by atoms with E-state index in [1.54, 1.807) is 6.07 Å². The summed E-state index contributed by atoms with van der Waals surface area (Å²) in [6.07, 6.45) is -0.0618. The normalized spacial score (nSPS) is 12.9. The van der Waals surface area contributed by atoms with Gasteiger partial charge in [-0.3, -0.25) is 4.79 Å². The molecule has 0 aromatic heterocycles. The molecule has 92 valence electrons. The molecule has 0 bridgehead atoms. The number of aliphatic carboxylic acids is 1. The van der Waals surface area contributed by atoms with Gasteiger partial charge in [0.1, 0.15) is 12.3 Å². The smallest absolute Gasteiger partial charge is 0.322 e. The zero-order valence-corrected chi connectivity index (χ0v) is 9.55. The van der Waals surface area contributed by atoms with Crippen LogP contribution in [0.4, 0.5) is 0 Å². The molecule has 0 radical (unpaired) electrons. The van der Waals surface area contributed by atoms with Gasteiger partial charge in [0.05, 0.1) is 4.90 Å². The summed E-state index contributed by atoms with van der Waals surface area (Å²) < 4.78 is 25.4. The van der Waals surface area contributed by atoms with Crippen molar-refractivity contribution in [3.05, 3.63) is 30.3 Å². The van der Waals surface area contributed by atoms with Crippen molar-refractivity contribution in [3.63, 3.8) is 0 Å². The second-order valence-corrected chi connectivity index (χ2v) is 4.94. The van der Waals surface area contributed by atoms with E-state index < -0.39 is 28.5 Å². The summed E-state index contributed by atoms with van der Waals surface area (Å²) in [5.41, 5.74) is 0. The Morgan fingerprint density at radius 1 is 1.35 bits per heavy atom. The van der Waals surface area contributed by atoms with Gasteiger partial charge in [-0.25, -0.2) is 8.42 Å². The molecule has 0 heterocycles. The molecular weight excluding hydrogens is 246 g/mol. The monoisotopic (exact) mass is 257 g/mol. The van der Waals surface area contributed by atoms with Crippen LogP contribution in [0.5, 0.6) is 0 Å². The number of nitrogens with one attached hydrogen (secondary N) is 1. The first-order valence-corrected chi connectivity index (χ1v) is 6.19. The lowest BCUT2D eigenvalue weighted by Gasteiger charge is -2.11. The highest BCUT2D eigenvalue weighted by atomic mass is 32.2. The van der Waals surface area contributed by atoms with Crippen molar-refractivity contribution in [3.8, 4) is 0 Å². The molecule has 7 heteroatoms. The van der Waals surface area contributed by atoms with Gasteiger partial charge in [-0.1, -0.05) is 18.2 Å². The van der Waals surface area contributed by atoms with E-state index in [4.69, 9.17) is 5.11 Å². The minimum Gasteiger partial charge on any atom is -0.480 e. The molecule has 0 aliphatic heterocycles. The van der Waals surface area contributed by atoms with Crippen LogP contribution in [0.25, 0.3) is 0 Å². The van der Waals surface area contributed by atoms with Crippen molar-refractivity contribution < 1.29 is 23.1 Å². The van der Waals surface area contributed by atoms with E-state index in [2.05, 4.69) is 0 Å². The van der Waals surface area contributed by atoms with Gasteiger partial charge in [-0.15, -0.1) is 0 Å². The van der Waals surface area contributed by atoms with Crippen LogP contribution in [0.2, 0.25) is 0 Å². The number of carbonyl (C=O) groups excluding carboxylic acids is 1. The topological polar surface area (TPSA) is 101 Å². The summed E-state index contributed by atoms with van der Waals surface area (Å²) in [6.45, 7) is 0. The second kappa shape index (κ2) is 5.55. The lowest BCUT2D eigenvalue weighted by molar-refractivity contribution is -0.139. The standard InChI is InChI=1S/C10H11NO5S/c12-7-6-9(10(13)14)11-17(15,16)8-4-2-1-3-5-8/h1-5,7,9,11H,6H2,(H,13,14). The van der Waals surface area contributed by atoms with Gasteiger partial charge >= 0.3 is 5.97 Å². The molecule has 1 rings (SSSR count). The van der Waals surface area contributed by atoms with Gasteiger partial charge in [-0.2, -0.15) is 4.72 Å². The number of rotatable bonds is 6. The predicted molar refractivity (Wildman–Crippen MR) is 58.9 cm³/mol. The Morgan fingerprint density at radius 3 is 2.41 bits per heavy atom. The van der Waals surface area contributed by atoms with Crippen molar-refractivity contribution in [1.82, 2.24) is 4.72 Å². The third kappa shape index (κ3) is 3.65. The summed E-state index contributed by atoms with van der Waals surface area (Å²) in [5.74, 6) is -1.39. The Kier molecular flexibility index (Phi) is 4.36. The number of sulfonamides is 1. The van der Waals surface area contributed by atoms with Crippen molar-refractivity contribution >= 4 is 22.3 Å². The summed E-state index contributed by atoms with van der Waals surface area (Å²) in [5, 5.41) is 8.73. The van der Waals surface area contributed by atoms with Crippen LogP contribution >= 0.6 is 0 Å². The second-order valence-electron chi connectivity index (χ2n) is 3.23. The van der Waals surface area contributed by atoms with Gasteiger partial charge < -0.3 is 9.90 Å². The lowest BCUT2D eigenvalue weighted by atomic mass is 10.2. The zero-order valence-electron chi connectivity index (χ0n) is 8.74. The summed E-state index contributed by atoms with van der Waals surface area (Å²) >= 11 is 0. The molecule has 1 unspecified atom stereocenters. The largest absolute Gasteiger partial charge is 0.480 e. The Labute approximate surface area is 98.3 Å². The average molecular weight is 257 g/mol. The van der Waals surface area contributed by atoms with Crippen LogP contribution in [0.3, 0.4) is 0 Å². The van der Waals surface area contributed by atoms with Crippen molar-refractivity contribution in [1.29, 1.82) is 0 Å². The minimum absolute atomic E-state index is 0.0443. The maximum atomic E-state index is 11.7. The number of carboxylic acid groups (broad SMARTS) is 1. The molecule has 0 saturated carbocycles. The molecule has 1 aromatic rings. The maximum Gasteiger partial charge on any atom is 0.322 e. The molecule has 1 aromatic carbocycles. The number of benzene rings is 1. The highest BCUT2D eigenvalue weighted by Crippen LogP contribution is 2.08. The van der Waals surface area contributed by atoms with E-state index in [9.17, 15) is 18.0 Å². The Balaban J connectivity index is 2.93. The molecule has 2 N–H and O–H groups in total. The molecule has 17 heavy (non-hydrogen) atoms. The van der Waals surface area contributed by atoms with Crippen molar-refractivity contribution in [2.45, 2.75) is 17.4 Å². The Hall–Kier alpha value is -1.73. The van der Waals surface area contributed by atoms with E-state index in [0.717, 1.165) is 0 Å². The maximum absolute atomic E-state index is 11.7. The molecule has 6 nitrogen and oxygen atoms in total. The number of carboxylic acids is 1. The van der Waals surface area contributed by atoms with E-state index in [1.165, 1.54) is 24.3 Å². The quantitative estimate of drug-likeness (QED) is 0.699. The van der Waals surface area contributed by atoms with Crippen LogP contribution in [-0.4, -0.2) is 31.8 Å². The van der Waals surface area contributed by atoms with E-state index in [1.807, 2.05) is 4.72 Å². The predicted octanol–water partition coefficient (Wildman–Crippen LogP) is 0.00710.